The van der Waals surface area contributed by atoms with Crippen LogP contribution in [0.25, 0.3) is 10.8 Å². The van der Waals surface area contributed by atoms with E-state index in [2.05, 4.69) is 25.1 Å². The van der Waals surface area contributed by atoms with Gasteiger partial charge >= 0.3 is 0 Å². The van der Waals surface area contributed by atoms with Gasteiger partial charge in [0, 0.05) is 24.1 Å². The molecule has 2 heterocycles. The van der Waals surface area contributed by atoms with Gasteiger partial charge in [0.2, 0.25) is 5.91 Å². The Balaban J connectivity index is 1.72. The maximum Gasteiger partial charge on any atom is 0.250 e. The van der Waals surface area contributed by atoms with Crippen LogP contribution in [0.1, 0.15) is 26.7 Å². The normalized spacial score (nSPS) is 25.4. The van der Waals surface area contributed by atoms with Crippen LogP contribution < -0.4 is 4.90 Å². The number of fused-ring (bicyclic) bond motifs is 2. The lowest BCUT2D eigenvalue weighted by Gasteiger charge is -2.33. The van der Waals surface area contributed by atoms with Crippen molar-refractivity contribution in [1.82, 2.24) is 4.90 Å². The molecule has 2 amide bonds. The number of nitrogens with zero attached hydrogens (tertiary/aromatic N) is 2. The summed E-state index contributed by atoms with van der Waals surface area (Å²) < 4.78 is 0. The average Bonchev–Trinajstić information content (AvgIpc) is 3.12. The number of benzene rings is 2. The lowest BCUT2D eigenvalue weighted by molar-refractivity contribution is -0.136. The largest absolute Gasteiger partial charge is 0.315 e. The molecule has 0 bridgehead atoms. The third kappa shape index (κ3) is 2.53. The van der Waals surface area contributed by atoms with Gasteiger partial charge in [-0.05, 0) is 31.7 Å². The van der Waals surface area contributed by atoms with Gasteiger partial charge in [-0.15, -0.1) is 11.8 Å². The zero-order valence-electron chi connectivity index (χ0n) is 14.6. The molecule has 4 nitrogen and oxygen atoms in total. The molecule has 130 valence electrons. The first-order valence-corrected chi connectivity index (χ1v) is 9.79. The fraction of sp³-hybridized carbons (Fsp3) is 0.400. The molecule has 2 aromatic carbocycles. The van der Waals surface area contributed by atoms with E-state index < -0.39 is 0 Å². The lowest BCUT2D eigenvalue weighted by Crippen LogP contribution is -2.51. The SMILES string of the molecule is CCN(C(=O)C1CSC2(C)CCC(=O)N12)c1cccc2ccccc12. The number of anilines is 1. The highest BCUT2D eigenvalue weighted by molar-refractivity contribution is 8.01. The van der Waals surface area contributed by atoms with E-state index in [0.717, 1.165) is 22.9 Å². The van der Waals surface area contributed by atoms with Crippen LogP contribution in [0, 0.1) is 0 Å². The summed E-state index contributed by atoms with van der Waals surface area (Å²) in [5.41, 5.74) is 0.927. The molecule has 0 N–H and O–H groups in total. The molecule has 4 rings (SSSR count). The van der Waals surface area contributed by atoms with Gasteiger partial charge in [-0.2, -0.15) is 0 Å². The first kappa shape index (κ1) is 16.5. The highest BCUT2D eigenvalue weighted by Crippen LogP contribution is 2.47. The number of hydrogen-bond acceptors (Lipinski definition) is 3. The molecule has 25 heavy (non-hydrogen) atoms. The molecule has 2 aliphatic rings. The van der Waals surface area contributed by atoms with Crippen LogP contribution in [0.4, 0.5) is 5.69 Å². The van der Waals surface area contributed by atoms with E-state index in [-0.39, 0.29) is 22.7 Å². The quantitative estimate of drug-likeness (QED) is 0.845. The highest BCUT2D eigenvalue weighted by Gasteiger charge is 2.53. The van der Waals surface area contributed by atoms with Gasteiger partial charge in [-0.1, -0.05) is 36.4 Å². The number of amides is 2. The Hall–Kier alpha value is -2.01. The van der Waals surface area contributed by atoms with Gasteiger partial charge in [0.1, 0.15) is 6.04 Å². The van der Waals surface area contributed by atoms with Gasteiger partial charge < -0.3 is 9.80 Å². The Morgan fingerprint density at radius 3 is 2.84 bits per heavy atom. The van der Waals surface area contributed by atoms with Crippen LogP contribution in [0.2, 0.25) is 0 Å². The zero-order valence-corrected chi connectivity index (χ0v) is 15.4. The third-order valence-electron chi connectivity index (χ3n) is 5.37. The van der Waals surface area contributed by atoms with Crippen LogP contribution in [0.3, 0.4) is 0 Å². The first-order chi connectivity index (χ1) is 12.0. The van der Waals surface area contributed by atoms with E-state index in [0.29, 0.717) is 18.7 Å². The molecule has 2 unspecified atom stereocenters. The molecule has 0 aromatic heterocycles. The molecule has 0 spiro atoms. The van der Waals surface area contributed by atoms with E-state index >= 15 is 0 Å². The minimum atomic E-state index is -0.357. The van der Waals surface area contributed by atoms with Gasteiger partial charge in [-0.3, -0.25) is 9.59 Å². The topological polar surface area (TPSA) is 40.6 Å². The van der Waals surface area contributed by atoms with E-state index in [1.54, 1.807) is 11.8 Å². The monoisotopic (exact) mass is 354 g/mol. The van der Waals surface area contributed by atoms with Crippen molar-refractivity contribution in [3.05, 3.63) is 42.5 Å². The number of carbonyl (C=O) groups excluding carboxylic acids is 2. The molecule has 0 radical (unpaired) electrons. The molecule has 0 aliphatic carbocycles. The standard InChI is InChI=1S/C20H22N2O2S/c1-3-21(16-10-6-8-14-7-4-5-9-15(14)16)19(24)17-13-25-20(2)12-11-18(23)22(17)20/h4-10,17H,3,11-13H2,1-2H3. The van der Waals surface area contributed by atoms with Gasteiger partial charge in [0.15, 0.2) is 0 Å². The molecule has 0 saturated carbocycles. The van der Waals surface area contributed by atoms with Crippen LogP contribution >= 0.6 is 11.8 Å². The summed E-state index contributed by atoms with van der Waals surface area (Å²) in [5.74, 6) is 0.827. The Kier molecular flexibility index (Phi) is 3.99. The zero-order chi connectivity index (χ0) is 17.6. The summed E-state index contributed by atoms with van der Waals surface area (Å²) in [4.78, 5) is 29.2. The molecule has 5 heteroatoms. The minimum absolute atomic E-state index is 0.0327. The van der Waals surface area contributed by atoms with E-state index in [4.69, 9.17) is 0 Å². The number of thioether (sulfide) groups is 1. The summed E-state index contributed by atoms with van der Waals surface area (Å²) in [6.07, 6.45) is 1.38. The van der Waals surface area contributed by atoms with Crippen LogP contribution in [0.15, 0.2) is 42.5 Å². The summed E-state index contributed by atoms with van der Waals surface area (Å²) in [6, 6.07) is 13.8. The van der Waals surface area contributed by atoms with Crippen molar-refractivity contribution < 1.29 is 9.59 Å². The summed E-state index contributed by atoms with van der Waals surface area (Å²) in [7, 11) is 0. The van der Waals surface area contributed by atoms with Crippen molar-refractivity contribution in [2.45, 2.75) is 37.6 Å². The number of hydrogen-bond donors (Lipinski definition) is 0. The molecule has 2 aliphatic heterocycles. The van der Waals surface area contributed by atoms with E-state index in [9.17, 15) is 9.59 Å². The van der Waals surface area contributed by atoms with Crippen molar-refractivity contribution in [2.75, 3.05) is 17.2 Å². The molecule has 2 saturated heterocycles. The smallest absolute Gasteiger partial charge is 0.250 e. The van der Waals surface area contributed by atoms with Gasteiger partial charge in [0.25, 0.3) is 5.91 Å². The van der Waals surface area contributed by atoms with Crippen molar-refractivity contribution in [3.8, 4) is 0 Å². The van der Waals surface area contributed by atoms with Crippen LogP contribution in [-0.2, 0) is 9.59 Å². The van der Waals surface area contributed by atoms with E-state index in [1.807, 2.05) is 41.0 Å². The van der Waals surface area contributed by atoms with Crippen molar-refractivity contribution >= 4 is 40.0 Å². The predicted octanol–water partition coefficient (Wildman–Crippen LogP) is 3.65. The van der Waals surface area contributed by atoms with Gasteiger partial charge in [0.05, 0.1) is 10.6 Å². The molecular formula is C20H22N2O2S. The number of carbonyl (C=O) groups is 2. The number of rotatable bonds is 3. The second kappa shape index (κ2) is 6.06. The fourth-order valence-corrected chi connectivity index (χ4v) is 5.50. The molecular weight excluding hydrogens is 332 g/mol. The second-order valence-corrected chi connectivity index (χ2v) is 8.35. The summed E-state index contributed by atoms with van der Waals surface area (Å²) >= 11 is 1.74. The predicted molar refractivity (Wildman–Crippen MR) is 103 cm³/mol. The van der Waals surface area contributed by atoms with Crippen LogP contribution in [-0.4, -0.2) is 39.9 Å². The summed E-state index contributed by atoms with van der Waals surface area (Å²) in [6.45, 7) is 4.67. The maximum atomic E-state index is 13.4. The van der Waals surface area contributed by atoms with E-state index in [1.165, 1.54) is 0 Å². The Labute approximate surface area is 152 Å². The average molecular weight is 354 g/mol. The maximum absolute atomic E-state index is 13.4. The third-order valence-corrected chi connectivity index (χ3v) is 6.87. The van der Waals surface area contributed by atoms with Gasteiger partial charge in [-0.25, -0.2) is 0 Å². The Bertz CT molecular complexity index is 847. The Morgan fingerprint density at radius 2 is 2.04 bits per heavy atom. The Morgan fingerprint density at radius 1 is 1.28 bits per heavy atom. The van der Waals surface area contributed by atoms with Crippen molar-refractivity contribution in [1.29, 1.82) is 0 Å². The van der Waals surface area contributed by atoms with Crippen LogP contribution in [0.5, 0.6) is 0 Å². The minimum Gasteiger partial charge on any atom is -0.315 e. The molecule has 2 fully saturated rings. The highest BCUT2D eigenvalue weighted by atomic mass is 32.2. The fourth-order valence-electron chi connectivity index (χ4n) is 4.07. The molecule has 2 atom stereocenters. The second-order valence-electron chi connectivity index (χ2n) is 6.85. The molecule has 2 aromatic rings. The van der Waals surface area contributed by atoms with Crippen molar-refractivity contribution in [2.24, 2.45) is 0 Å². The first-order valence-electron chi connectivity index (χ1n) is 8.80. The lowest BCUT2D eigenvalue weighted by atomic mass is 10.1. The van der Waals surface area contributed by atoms with Crippen molar-refractivity contribution in [3.63, 3.8) is 0 Å². The summed E-state index contributed by atoms with van der Waals surface area (Å²) in [5, 5.41) is 2.19. The number of likely N-dealkylation sites (N-methyl/N-ethyl adjacent to an activating group) is 1.